The highest BCUT2D eigenvalue weighted by Crippen LogP contribution is 2.67. The molecule has 3 saturated heterocycles. The fourth-order valence-corrected chi connectivity index (χ4v) is 10.4. The number of para-hydroxylation sites is 1. The molecule has 3 fully saturated rings. The highest BCUT2D eigenvalue weighted by atomic mass is 32.2. The Morgan fingerprint density at radius 1 is 0.957 bits per heavy atom. The van der Waals surface area contributed by atoms with Crippen LogP contribution in [0.1, 0.15) is 41.1 Å². The lowest BCUT2D eigenvalue weighted by Gasteiger charge is -2.40. The number of rotatable bonds is 12. The van der Waals surface area contributed by atoms with Crippen molar-refractivity contribution in [1.29, 1.82) is 0 Å². The minimum absolute atomic E-state index is 0.0859. The summed E-state index contributed by atoms with van der Waals surface area (Å²) >= 11 is 1.64. The zero-order chi connectivity index (χ0) is 33.3. The van der Waals surface area contributed by atoms with E-state index in [2.05, 4.69) is 13.2 Å². The number of aliphatic hydroxyl groups excluding tert-OH is 1. The van der Waals surface area contributed by atoms with E-state index in [1.54, 1.807) is 38.6 Å². The quantitative estimate of drug-likeness (QED) is 0.249. The van der Waals surface area contributed by atoms with Gasteiger partial charge in [0.1, 0.15) is 6.04 Å². The van der Waals surface area contributed by atoms with E-state index in [-0.39, 0.29) is 36.1 Å². The number of amides is 3. The number of aliphatic hydroxyl groups is 1. The van der Waals surface area contributed by atoms with Gasteiger partial charge in [-0.3, -0.25) is 14.4 Å². The van der Waals surface area contributed by atoms with Crippen molar-refractivity contribution >= 4 is 35.2 Å². The Hall–Kier alpha value is -4.14. The van der Waals surface area contributed by atoms with Crippen LogP contribution in [0.2, 0.25) is 0 Å². The molecule has 47 heavy (non-hydrogen) atoms. The van der Waals surface area contributed by atoms with Gasteiger partial charge in [0.2, 0.25) is 11.8 Å². The standard InChI is InChI=1S/C39H43N3O4S/c1-5-22-40(24-28-16-9-7-10-17-28)36(44)32-31-20-21-39(47-31)33(32)37(45)42(30(25-43)29-18-11-8-12-19-29)35(39)38(46)41(23-6-2)34-26(3)14-13-15-27(34)4/h5-19,30-33,35,43H,1-2,20-25H2,3-4H3/t30-,31+,32-,33+,35?,39?/m1/s1. The van der Waals surface area contributed by atoms with Crippen molar-refractivity contribution in [3.05, 3.63) is 126 Å². The van der Waals surface area contributed by atoms with E-state index in [9.17, 15) is 14.7 Å². The van der Waals surface area contributed by atoms with Crippen molar-refractivity contribution in [3.8, 4) is 0 Å². The first-order valence-electron chi connectivity index (χ1n) is 16.3. The molecule has 3 aliphatic heterocycles. The molecule has 8 heteroatoms. The third-order valence-corrected chi connectivity index (χ3v) is 12.1. The van der Waals surface area contributed by atoms with Crippen LogP contribution >= 0.6 is 11.8 Å². The van der Waals surface area contributed by atoms with Gasteiger partial charge in [-0.15, -0.1) is 24.9 Å². The average Bonchev–Trinajstić information content (AvgIpc) is 3.72. The van der Waals surface area contributed by atoms with Crippen LogP contribution in [-0.2, 0) is 20.9 Å². The maximum absolute atomic E-state index is 15.2. The lowest BCUT2D eigenvalue weighted by Crippen LogP contribution is -2.56. The summed E-state index contributed by atoms with van der Waals surface area (Å²) in [5, 5.41) is 10.8. The van der Waals surface area contributed by atoms with Crippen LogP contribution in [0.25, 0.3) is 0 Å². The number of thioether (sulfide) groups is 1. The fourth-order valence-electron chi connectivity index (χ4n) is 8.22. The van der Waals surface area contributed by atoms with Crippen molar-refractivity contribution in [2.45, 2.75) is 55.3 Å². The highest BCUT2D eigenvalue weighted by Gasteiger charge is 2.74. The average molecular weight is 650 g/mol. The summed E-state index contributed by atoms with van der Waals surface area (Å²) in [4.78, 5) is 50.0. The summed E-state index contributed by atoms with van der Waals surface area (Å²) in [5.74, 6) is -1.82. The first-order valence-corrected chi connectivity index (χ1v) is 17.2. The van der Waals surface area contributed by atoms with E-state index in [4.69, 9.17) is 0 Å². The number of benzene rings is 3. The molecule has 3 aliphatic rings. The molecule has 3 amide bonds. The Balaban J connectivity index is 1.46. The number of anilines is 1. The smallest absolute Gasteiger partial charge is 0.251 e. The number of hydrogen-bond acceptors (Lipinski definition) is 5. The molecule has 7 nitrogen and oxygen atoms in total. The highest BCUT2D eigenvalue weighted by molar-refractivity contribution is 8.02. The van der Waals surface area contributed by atoms with Crippen LogP contribution in [0, 0.1) is 25.7 Å². The van der Waals surface area contributed by atoms with Crippen molar-refractivity contribution in [3.63, 3.8) is 0 Å². The van der Waals surface area contributed by atoms with Crippen LogP contribution in [-0.4, -0.2) is 68.4 Å². The fraction of sp³-hybridized carbons (Fsp3) is 0.359. The second kappa shape index (κ2) is 13.5. The van der Waals surface area contributed by atoms with Gasteiger partial charge in [-0.2, -0.15) is 0 Å². The van der Waals surface area contributed by atoms with E-state index in [1.807, 2.05) is 92.7 Å². The maximum atomic E-state index is 15.2. The van der Waals surface area contributed by atoms with Crippen molar-refractivity contribution in [1.82, 2.24) is 9.80 Å². The number of aryl methyl sites for hydroxylation is 2. The number of carbonyl (C=O) groups is 3. The van der Waals surface area contributed by atoms with Crippen molar-refractivity contribution in [2.24, 2.45) is 11.8 Å². The minimum atomic E-state index is -0.883. The van der Waals surface area contributed by atoms with Gasteiger partial charge in [0.25, 0.3) is 5.91 Å². The minimum Gasteiger partial charge on any atom is -0.394 e. The van der Waals surface area contributed by atoms with Crippen LogP contribution in [0.4, 0.5) is 5.69 Å². The largest absolute Gasteiger partial charge is 0.394 e. The van der Waals surface area contributed by atoms with Gasteiger partial charge in [0.15, 0.2) is 0 Å². The molecule has 244 valence electrons. The SMILES string of the molecule is C=CCN(Cc1ccccc1)C(=O)[C@@H]1[C@@H]2CCC3(S2)C(C(=O)N(CC=C)c2c(C)cccc2C)N([C@H](CO)c2ccccc2)C(=O)[C@H]13. The predicted molar refractivity (Wildman–Crippen MR) is 188 cm³/mol. The molecule has 1 N–H and O–H groups in total. The number of carbonyl (C=O) groups excluding carboxylic acids is 3. The van der Waals surface area contributed by atoms with Crippen LogP contribution in [0.5, 0.6) is 0 Å². The first kappa shape index (κ1) is 32.8. The molecule has 3 aromatic carbocycles. The Morgan fingerprint density at radius 3 is 2.21 bits per heavy atom. The molecule has 0 aliphatic carbocycles. The Morgan fingerprint density at radius 2 is 1.60 bits per heavy atom. The van der Waals surface area contributed by atoms with E-state index in [0.717, 1.165) is 34.4 Å². The van der Waals surface area contributed by atoms with Gasteiger partial charge in [-0.25, -0.2) is 0 Å². The molecule has 2 bridgehead atoms. The number of fused-ring (bicyclic) bond motifs is 1. The molecule has 6 rings (SSSR count). The van der Waals surface area contributed by atoms with E-state index in [1.165, 1.54) is 0 Å². The van der Waals surface area contributed by atoms with Gasteiger partial charge >= 0.3 is 0 Å². The molecule has 0 saturated carbocycles. The van der Waals surface area contributed by atoms with E-state index in [0.29, 0.717) is 19.5 Å². The summed E-state index contributed by atoms with van der Waals surface area (Å²) in [5.41, 5.74) is 4.45. The van der Waals surface area contributed by atoms with Crippen LogP contribution < -0.4 is 4.90 Å². The first-order chi connectivity index (χ1) is 22.8. The summed E-state index contributed by atoms with van der Waals surface area (Å²) in [7, 11) is 0. The lowest BCUT2D eigenvalue weighted by atomic mass is 9.70. The van der Waals surface area contributed by atoms with E-state index >= 15 is 4.79 Å². The van der Waals surface area contributed by atoms with Gasteiger partial charge in [0, 0.05) is 30.6 Å². The molecule has 6 atom stereocenters. The van der Waals surface area contributed by atoms with Gasteiger partial charge in [-0.05, 0) is 48.9 Å². The summed E-state index contributed by atoms with van der Waals surface area (Å²) in [6, 6.07) is 23.5. The zero-order valence-corrected chi connectivity index (χ0v) is 27.9. The second-order valence-corrected chi connectivity index (χ2v) is 14.5. The molecule has 2 unspecified atom stereocenters. The van der Waals surface area contributed by atoms with E-state index < -0.39 is 28.7 Å². The predicted octanol–water partition coefficient (Wildman–Crippen LogP) is 5.86. The van der Waals surface area contributed by atoms with Crippen molar-refractivity contribution in [2.75, 3.05) is 24.6 Å². The second-order valence-electron chi connectivity index (χ2n) is 12.9. The van der Waals surface area contributed by atoms with Gasteiger partial charge in [-0.1, -0.05) is 91.0 Å². The molecular formula is C39H43N3O4S. The Bertz CT molecular complexity index is 1640. The molecule has 0 aromatic heterocycles. The number of nitrogens with zero attached hydrogens (tertiary/aromatic N) is 3. The third-order valence-electron chi connectivity index (χ3n) is 10.1. The topological polar surface area (TPSA) is 81.2 Å². The molecule has 0 radical (unpaired) electrons. The zero-order valence-electron chi connectivity index (χ0n) is 27.1. The maximum Gasteiger partial charge on any atom is 0.251 e. The number of likely N-dealkylation sites (tertiary alicyclic amines) is 1. The normalized spacial score (nSPS) is 24.9. The molecule has 3 heterocycles. The third kappa shape index (κ3) is 5.61. The summed E-state index contributed by atoms with van der Waals surface area (Å²) in [6.07, 6.45) is 4.80. The van der Waals surface area contributed by atoms with Gasteiger partial charge < -0.3 is 19.8 Å². The van der Waals surface area contributed by atoms with Gasteiger partial charge in [0.05, 0.1) is 29.2 Å². The molecule has 3 aromatic rings. The molecular weight excluding hydrogens is 607 g/mol. The monoisotopic (exact) mass is 649 g/mol. The lowest BCUT2D eigenvalue weighted by molar-refractivity contribution is -0.145. The summed E-state index contributed by atoms with van der Waals surface area (Å²) in [6.45, 7) is 12.5. The van der Waals surface area contributed by atoms with Crippen molar-refractivity contribution < 1.29 is 19.5 Å². The van der Waals surface area contributed by atoms with Crippen LogP contribution in [0.15, 0.2) is 104 Å². The Labute approximate surface area is 281 Å². The molecule has 1 spiro atoms. The summed E-state index contributed by atoms with van der Waals surface area (Å²) < 4.78 is -0.816. The Kier molecular flexibility index (Phi) is 9.44. The number of hydrogen-bond donors (Lipinski definition) is 1. The van der Waals surface area contributed by atoms with Crippen LogP contribution in [0.3, 0.4) is 0 Å².